The van der Waals surface area contributed by atoms with Crippen LogP contribution in [0.2, 0.25) is 0 Å². The quantitative estimate of drug-likeness (QED) is 0.237. The first-order valence-corrected chi connectivity index (χ1v) is 20.6. The second kappa shape index (κ2) is 13.4. The fourth-order valence-corrected chi connectivity index (χ4v) is 10.5. The van der Waals surface area contributed by atoms with Crippen LogP contribution in [0.4, 0.5) is 10.1 Å². The van der Waals surface area contributed by atoms with Crippen molar-refractivity contribution in [3.63, 3.8) is 0 Å². The van der Waals surface area contributed by atoms with Gasteiger partial charge in [0.05, 0.1) is 11.0 Å². The molecule has 4 aromatic rings. The van der Waals surface area contributed by atoms with Crippen molar-refractivity contribution < 1.29 is 37.1 Å². The van der Waals surface area contributed by atoms with Gasteiger partial charge >= 0.3 is 15.9 Å². The number of amides is 4. The van der Waals surface area contributed by atoms with E-state index < -0.39 is 51.9 Å². The molecule has 4 saturated heterocycles. The number of benzene rings is 3. The molecule has 5 heterocycles. The summed E-state index contributed by atoms with van der Waals surface area (Å²) in [5.41, 5.74) is 2.54. The van der Waals surface area contributed by atoms with Crippen molar-refractivity contribution in [2.75, 3.05) is 43.6 Å². The molecule has 1 saturated carbocycles. The molecule has 9 rings (SSSR count). The van der Waals surface area contributed by atoms with Gasteiger partial charge in [0.25, 0.3) is 5.91 Å². The number of aromatic nitrogens is 2. The molecule has 56 heavy (non-hydrogen) atoms. The molecule has 3 unspecified atom stereocenters. The highest BCUT2D eigenvalue weighted by Gasteiger charge is 2.47. The number of imide groups is 1. The van der Waals surface area contributed by atoms with E-state index in [0.29, 0.717) is 53.0 Å². The number of anilines is 1. The molecule has 3 aromatic carbocycles. The Hall–Kier alpha value is -5.29. The summed E-state index contributed by atoms with van der Waals surface area (Å²) in [5.74, 6) is -2.42. The molecule has 4 amide bonds. The highest BCUT2D eigenvalue weighted by molar-refractivity contribution is 7.92. The number of aromatic hydroxyl groups is 1. The number of nitrogens with zero attached hydrogens (tertiary/aromatic N) is 5. The average Bonchev–Trinajstić information content (AvgIpc) is 3.51. The number of piperidine rings is 2. The molecule has 3 N–H and O–H groups in total. The number of halogens is 1. The van der Waals surface area contributed by atoms with Crippen molar-refractivity contribution in [3.05, 3.63) is 69.9 Å². The maximum Gasteiger partial charge on any atom is 0.329 e. The predicted octanol–water partition coefficient (Wildman–Crippen LogP) is 2.33. The first-order chi connectivity index (χ1) is 26.8. The molecule has 294 valence electrons. The van der Waals surface area contributed by atoms with Crippen LogP contribution in [0.5, 0.6) is 5.75 Å². The minimum absolute atomic E-state index is 0.0260. The van der Waals surface area contributed by atoms with Crippen LogP contribution in [0.1, 0.15) is 67.5 Å². The third-order valence-electron chi connectivity index (χ3n) is 12.5. The third-order valence-corrected chi connectivity index (χ3v) is 13.9. The molecule has 0 bridgehead atoms. The zero-order valence-electron chi connectivity index (χ0n) is 30.7. The molecule has 4 aliphatic heterocycles. The number of likely N-dealkylation sites (tertiary alicyclic amines) is 2. The van der Waals surface area contributed by atoms with E-state index in [1.165, 1.54) is 10.6 Å². The third kappa shape index (κ3) is 6.20. The van der Waals surface area contributed by atoms with Gasteiger partial charge in [-0.05, 0) is 97.8 Å². The Morgan fingerprint density at radius 2 is 1.64 bits per heavy atom. The summed E-state index contributed by atoms with van der Waals surface area (Å²) in [5, 5.41) is 13.4. The summed E-state index contributed by atoms with van der Waals surface area (Å²) in [6.45, 7) is 3.11. The molecule has 5 aliphatic rings. The van der Waals surface area contributed by atoms with Gasteiger partial charge in [0.2, 0.25) is 17.7 Å². The fourth-order valence-electron chi connectivity index (χ4n) is 9.35. The van der Waals surface area contributed by atoms with E-state index in [2.05, 4.69) is 16.3 Å². The molecule has 0 radical (unpaired) electrons. The Balaban J connectivity index is 0.803. The smallest absolute Gasteiger partial charge is 0.329 e. The van der Waals surface area contributed by atoms with E-state index in [9.17, 15) is 37.5 Å². The van der Waals surface area contributed by atoms with E-state index >= 15 is 4.39 Å². The van der Waals surface area contributed by atoms with Gasteiger partial charge in [0.1, 0.15) is 24.0 Å². The summed E-state index contributed by atoms with van der Waals surface area (Å²) in [7, 11) is -2.62. The van der Waals surface area contributed by atoms with E-state index in [-0.39, 0.29) is 41.1 Å². The van der Waals surface area contributed by atoms with E-state index in [0.717, 1.165) is 55.5 Å². The van der Waals surface area contributed by atoms with E-state index in [1.807, 2.05) is 23.1 Å². The average molecular weight is 788 g/mol. The number of aryl methyl sites for hydroxylation is 1. The second-order valence-electron chi connectivity index (χ2n) is 15.9. The van der Waals surface area contributed by atoms with Crippen LogP contribution < -0.4 is 20.0 Å². The summed E-state index contributed by atoms with van der Waals surface area (Å²) < 4.78 is 46.1. The van der Waals surface area contributed by atoms with Crippen molar-refractivity contribution in [2.24, 2.45) is 18.9 Å². The Labute approximate surface area is 321 Å². The first kappa shape index (κ1) is 36.4. The number of fused-ring (bicyclic) bond motifs is 2. The zero-order valence-corrected chi connectivity index (χ0v) is 31.6. The highest BCUT2D eigenvalue weighted by Crippen LogP contribution is 2.44. The normalized spacial score (nSPS) is 25.6. The molecular weight excluding hydrogens is 746 g/mol. The van der Waals surface area contributed by atoms with Crippen LogP contribution in [0.25, 0.3) is 21.8 Å². The minimum atomic E-state index is -4.33. The first-order valence-electron chi connectivity index (χ1n) is 19.1. The van der Waals surface area contributed by atoms with Gasteiger partial charge in [-0.1, -0.05) is 18.2 Å². The van der Waals surface area contributed by atoms with Gasteiger partial charge in [0, 0.05) is 50.3 Å². The van der Waals surface area contributed by atoms with Crippen molar-refractivity contribution in [2.45, 2.75) is 56.4 Å². The van der Waals surface area contributed by atoms with Crippen molar-refractivity contribution in [1.82, 2.24) is 29.0 Å². The fraction of sp³-hybridized carbons (Fsp3) is 0.462. The maximum atomic E-state index is 15.8. The number of phenolic OH excluding ortho intramolecular Hbond substituents is 1. The van der Waals surface area contributed by atoms with E-state index in [4.69, 9.17) is 0 Å². The number of carbonyl (C=O) groups excluding carboxylic acids is 4. The number of hydrogen-bond donors (Lipinski definition) is 3. The van der Waals surface area contributed by atoms with Crippen molar-refractivity contribution in [3.8, 4) is 5.75 Å². The summed E-state index contributed by atoms with van der Waals surface area (Å²) in [6.07, 6.45) is 3.93. The van der Waals surface area contributed by atoms with Gasteiger partial charge in [-0.3, -0.25) is 33.6 Å². The lowest BCUT2D eigenvalue weighted by Gasteiger charge is -2.32. The van der Waals surface area contributed by atoms with Crippen LogP contribution >= 0.6 is 0 Å². The Kier molecular flexibility index (Phi) is 8.72. The lowest BCUT2D eigenvalue weighted by atomic mass is 9.89. The molecular formula is C39H42FN7O8S. The van der Waals surface area contributed by atoms with Gasteiger partial charge in [-0.25, -0.2) is 18.2 Å². The summed E-state index contributed by atoms with van der Waals surface area (Å²) in [6, 6.07) is 11.7. The molecule has 17 heteroatoms. The second-order valence-corrected chi connectivity index (χ2v) is 17.5. The minimum Gasteiger partial charge on any atom is -0.506 e. The molecule has 1 aliphatic carbocycles. The van der Waals surface area contributed by atoms with Gasteiger partial charge in [-0.2, -0.15) is 8.42 Å². The Morgan fingerprint density at radius 1 is 0.911 bits per heavy atom. The molecule has 15 nitrogen and oxygen atoms in total. The Morgan fingerprint density at radius 3 is 2.38 bits per heavy atom. The maximum absolute atomic E-state index is 15.8. The van der Waals surface area contributed by atoms with Crippen LogP contribution in [0.15, 0.2) is 47.3 Å². The zero-order chi connectivity index (χ0) is 39.2. The summed E-state index contributed by atoms with van der Waals surface area (Å²) in [4.78, 5) is 67.2. The lowest BCUT2D eigenvalue weighted by Crippen LogP contribution is -2.44. The molecule has 5 fully saturated rings. The predicted molar refractivity (Wildman–Crippen MR) is 203 cm³/mol. The lowest BCUT2D eigenvalue weighted by molar-refractivity contribution is -0.136. The van der Waals surface area contributed by atoms with Crippen LogP contribution in [-0.4, -0.2) is 95.4 Å². The van der Waals surface area contributed by atoms with Crippen LogP contribution in [0.3, 0.4) is 0 Å². The number of phenols is 1. The van der Waals surface area contributed by atoms with Crippen LogP contribution in [0, 0.1) is 17.7 Å². The highest BCUT2D eigenvalue weighted by atomic mass is 32.2. The number of carbonyl (C=O) groups is 4. The number of imidazole rings is 1. The number of nitrogens with one attached hydrogen (secondary N) is 2. The molecule has 4 atom stereocenters. The standard InChI is InChI=1S/C39H42FN7O8S/c1-43-31-16-23(4-5-29(31)47(39(43)53)30-6-7-33(49)41-37(30)51)21-8-11-44(12-9-21)18-26-15-28(26)38(52)45-13-10-25(19-45)22-2-3-24-17-32(48)36(35(40)27(24)14-22)46-20-34(50)42-56(46,54)55/h2-5,14,16-17,21,25-26,28,30,48H,6-13,15,18-20H2,1H3,(H,42,50)(H,41,49,51)/t25-,26?,28?,30?/m0/s1. The van der Waals surface area contributed by atoms with Gasteiger partial charge in [0.15, 0.2) is 5.82 Å². The summed E-state index contributed by atoms with van der Waals surface area (Å²) >= 11 is 0. The van der Waals surface area contributed by atoms with Gasteiger partial charge in [-0.15, -0.1) is 0 Å². The Bertz CT molecular complexity index is 2530. The van der Waals surface area contributed by atoms with Crippen LogP contribution in [-0.2, 0) is 36.4 Å². The monoisotopic (exact) mass is 787 g/mol. The number of rotatable bonds is 7. The van der Waals surface area contributed by atoms with Gasteiger partial charge < -0.3 is 14.9 Å². The largest absolute Gasteiger partial charge is 0.506 e. The van der Waals surface area contributed by atoms with E-state index in [1.54, 1.807) is 28.5 Å². The van der Waals surface area contributed by atoms with Crippen molar-refractivity contribution in [1.29, 1.82) is 0 Å². The number of hydrogen-bond acceptors (Lipinski definition) is 9. The SMILES string of the molecule is Cn1c(=O)n(C2CCC(=O)NC2=O)c2ccc(C3CCN(CC4CC4C(=O)N4CC[C@H](c5ccc6cc(O)c(N7CC(=O)NS7(=O)=O)c(F)c6c5)C4)CC3)cc21. The molecule has 0 spiro atoms. The topological polar surface area (TPSA) is 183 Å². The van der Waals surface area contributed by atoms with Crippen molar-refractivity contribution >= 4 is 61.3 Å². The molecule has 1 aromatic heterocycles.